The van der Waals surface area contributed by atoms with Crippen LogP contribution in [0.2, 0.25) is 0 Å². The number of hydrogen-bond acceptors (Lipinski definition) is 5. The van der Waals surface area contributed by atoms with Gasteiger partial charge in [0, 0.05) is 10.8 Å². The number of rotatable bonds is 5. The Labute approximate surface area is 92.4 Å². The third-order valence-corrected chi connectivity index (χ3v) is 3.51. The van der Waals surface area contributed by atoms with Gasteiger partial charge in [-0.2, -0.15) is 0 Å². The van der Waals surface area contributed by atoms with Gasteiger partial charge in [-0.25, -0.2) is 0 Å². The first-order valence-corrected chi connectivity index (χ1v) is 5.64. The van der Waals surface area contributed by atoms with Crippen LogP contribution in [-0.4, -0.2) is 45.3 Å². The minimum atomic E-state index is -1.33. The highest BCUT2D eigenvalue weighted by Crippen LogP contribution is 2.26. The zero-order chi connectivity index (χ0) is 11.4. The van der Waals surface area contributed by atoms with Crippen molar-refractivity contribution in [1.82, 2.24) is 0 Å². The van der Waals surface area contributed by atoms with Gasteiger partial charge in [-0.1, -0.05) is 13.0 Å². The van der Waals surface area contributed by atoms with E-state index in [1.807, 2.05) is 17.5 Å². The molecule has 0 aromatic carbocycles. The minimum absolute atomic E-state index is 0.263. The maximum Gasteiger partial charge on any atom is 0.109 e. The fraction of sp³-hybridized carbons (Fsp3) is 0.600. The fourth-order valence-electron chi connectivity index (χ4n) is 1.35. The van der Waals surface area contributed by atoms with Crippen molar-refractivity contribution < 1.29 is 20.4 Å². The molecule has 1 aromatic heterocycles. The number of aliphatic hydroxyl groups is 4. The van der Waals surface area contributed by atoms with E-state index < -0.39 is 24.9 Å². The van der Waals surface area contributed by atoms with Crippen LogP contribution in [0.3, 0.4) is 0 Å². The average Bonchev–Trinajstić information content (AvgIpc) is 2.78. The second-order valence-corrected chi connectivity index (χ2v) is 4.51. The first kappa shape index (κ1) is 12.6. The molecular formula is C10H16O4S. The molecule has 1 heterocycles. The molecule has 0 aliphatic rings. The Balaban J connectivity index is 2.64. The van der Waals surface area contributed by atoms with Crippen molar-refractivity contribution >= 4 is 11.3 Å². The van der Waals surface area contributed by atoms with Crippen molar-refractivity contribution in [3.63, 3.8) is 0 Å². The normalized spacial score (nSPS) is 19.5. The van der Waals surface area contributed by atoms with Crippen LogP contribution in [0.4, 0.5) is 0 Å². The van der Waals surface area contributed by atoms with Crippen LogP contribution in [-0.2, 0) is 0 Å². The summed E-state index contributed by atoms with van der Waals surface area (Å²) in [6.45, 7) is 1.21. The van der Waals surface area contributed by atoms with Crippen LogP contribution >= 0.6 is 11.3 Å². The van der Waals surface area contributed by atoms with Crippen molar-refractivity contribution in [2.24, 2.45) is 0 Å². The predicted octanol–water partition coefficient (Wildman–Crippen LogP) is -0.0734. The Bertz CT molecular complexity index is 275. The fourth-order valence-corrected chi connectivity index (χ4v) is 2.18. The molecule has 0 bridgehead atoms. The summed E-state index contributed by atoms with van der Waals surface area (Å²) >= 11 is 1.48. The summed E-state index contributed by atoms with van der Waals surface area (Å²) in [5, 5.41) is 39.0. The highest BCUT2D eigenvalue weighted by Gasteiger charge is 2.29. The highest BCUT2D eigenvalue weighted by atomic mass is 32.1. The predicted molar refractivity (Wildman–Crippen MR) is 57.8 cm³/mol. The molecule has 86 valence electrons. The maximum absolute atomic E-state index is 9.75. The Morgan fingerprint density at radius 2 is 1.93 bits per heavy atom. The molecule has 0 aliphatic carbocycles. The maximum atomic E-state index is 9.75. The van der Waals surface area contributed by atoms with Crippen LogP contribution in [0.25, 0.3) is 0 Å². The molecular weight excluding hydrogens is 216 g/mol. The lowest BCUT2D eigenvalue weighted by molar-refractivity contribution is -0.0823. The van der Waals surface area contributed by atoms with E-state index in [0.29, 0.717) is 0 Å². The van der Waals surface area contributed by atoms with Gasteiger partial charge in [-0.3, -0.25) is 0 Å². The van der Waals surface area contributed by atoms with Gasteiger partial charge in [-0.05, 0) is 11.4 Å². The van der Waals surface area contributed by atoms with E-state index in [4.69, 9.17) is 5.11 Å². The molecule has 1 rings (SSSR count). The second-order valence-electron chi connectivity index (χ2n) is 3.54. The van der Waals surface area contributed by atoms with Crippen LogP contribution < -0.4 is 0 Å². The molecule has 4 unspecified atom stereocenters. The Hall–Kier alpha value is -0.460. The minimum Gasteiger partial charge on any atom is -0.394 e. The summed E-state index contributed by atoms with van der Waals surface area (Å²) in [5.41, 5.74) is 0. The Kier molecular flexibility index (Phi) is 4.69. The molecule has 4 nitrogen and oxygen atoms in total. The van der Waals surface area contributed by atoms with Gasteiger partial charge in [0.1, 0.15) is 12.2 Å². The first-order chi connectivity index (χ1) is 7.07. The lowest BCUT2D eigenvalue weighted by atomic mass is 9.95. The zero-order valence-corrected chi connectivity index (χ0v) is 9.26. The van der Waals surface area contributed by atoms with Gasteiger partial charge >= 0.3 is 0 Å². The van der Waals surface area contributed by atoms with Crippen LogP contribution in [0.5, 0.6) is 0 Å². The molecule has 5 heteroatoms. The molecule has 0 aliphatic heterocycles. The SMILES string of the molecule is CC(c1cccs1)C(O)C(O)C(O)CO. The topological polar surface area (TPSA) is 80.9 Å². The van der Waals surface area contributed by atoms with Gasteiger partial charge in [0.2, 0.25) is 0 Å². The van der Waals surface area contributed by atoms with Crippen LogP contribution in [0, 0.1) is 0 Å². The summed E-state index contributed by atoms with van der Waals surface area (Å²) < 4.78 is 0. The van der Waals surface area contributed by atoms with Crippen molar-refractivity contribution in [2.45, 2.75) is 31.2 Å². The summed E-state index contributed by atoms with van der Waals surface area (Å²) in [5.74, 6) is -0.263. The third kappa shape index (κ3) is 2.99. The number of aliphatic hydroxyl groups excluding tert-OH is 4. The summed E-state index contributed by atoms with van der Waals surface area (Å²) in [6, 6.07) is 3.72. The van der Waals surface area contributed by atoms with E-state index >= 15 is 0 Å². The number of thiophene rings is 1. The molecule has 0 fully saturated rings. The molecule has 0 amide bonds. The highest BCUT2D eigenvalue weighted by molar-refractivity contribution is 7.10. The van der Waals surface area contributed by atoms with E-state index in [-0.39, 0.29) is 5.92 Å². The van der Waals surface area contributed by atoms with Gasteiger partial charge in [0.15, 0.2) is 0 Å². The Morgan fingerprint density at radius 1 is 1.27 bits per heavy atom. The van der Waals surface area contributed by atoms with E-state index in [1.54, 1.807) is 6.92 Å². The molecule has 0 saturated heterocycles. The van der Waals surface area contributed by atoms with Crippen molar-refractivity contribution in [1.29, 1.82) is 0 Å². The number of hydrogen-bond donors (Lipinski definition) is 4. The molecule has 0 spiro atoms. The van der Waals surface area contributed by atoms with Crippen molar-refractivity contribution in [3.05, 3.63) is 22.4 Å². The van der Waals surface area contributed by atoms with E-state index in [9.17, 15) is 15.3 Å². The summed E-state index contributed by atoms with van der Waals surface area (Å²) in [7, 11) is 0. The van der Waals surface area contributed by atoms with Crippen LogP contribution in [0.1, 0.15) is 17.7 Å². The average molecular weight is 232 g/mol. The standard InChI is InChI=1S/C10H16O4S/c1-6(8-3-2-4-15-8)9(13)10(14)7(12)5-11/h2-4,6-7,9-14H,5H2,1H3. The lowest BCUT2D eigenvalue weighted by Gasteiger charge is -2.25. The lowest BCUT2D eigenvalue weighted by Crippen LogP contribution is -2.41. The monoisotopic (exact) mass is 232 g/mol. The van der Waals surface area contributed by atoms with Crippen molar-refractivity contribution in [3.8, 4) is 0 Å². The van der Waals surface area contributed by atoms with E-state index in [2.05, 4.69) is 0 Å². The molecule has 4 atom stereocenters. The van der Waals surface area contributed by atoms with Crippen LogP contribution in [0.15, 0.2) is 17.5 Å². The van der Waals surface area contributed by atoms with Gasteiger partial charge < -0.3 is 20.4 Å². The molecule has 15 heavy (non-hydrogen) atoms. The van der Waals surface area contributed by atoms with Gasteiger partial charge in [0.25, 0.3) is 0 Å². The zero-order valence-electron chi connectivity index (χ0n) is 8.45. The first-order valence-electron chi connectivity index (χ1n) is 4.76. The van der Waals surface area contributed by atoms with E-state index in [1.165, 1.54) is 11.3 Å². The van der Waals surface area contributed by atoms with Gasteiger partial charge in [0.05, 0.1) is 12.7 Å². The smallest absolute Gasteiger partial charge is 0.109 e. The summed E-state index contributed by atoms with van der Waals surface area (Å²) in [4.78, 5) is 0.937. The molecule has 0 saturated carbocycles. The quantitative estimate of drug-likeness (QED) is 0.573. The molecule has 1 aromatic rings. The van der Waals surface area contributed by atoms with E-state index in [0.717, 1.165) is 4.88 Å². The second kappa shape index (κ2) is 5.58. The van der Waals surface area contributed by atoms with Gasteiger partial charge in [-0.15, -0.1) is 11.3 Å². The largest absolute Gasteiger partial charge is 0.394 e. The molecule has 0 radical (unpaired) electrons. The summed E-state index contributed by atoms with van der Waals surface area (Å²) in [6.07, 6.45) is -3.71. The Morgan fingerprint density at radius 3 is 2.40 bits per heavy atom. The van der Waals surface area contributed by atoms with Crippen molar-refractivity contribution in [2.75, 3.05) is 6.61 Å². The third-order valence-electron chi connectivity index (χ3n) is 2.44. The molecule has 4 N–H and O–H groups in total.